The third-order valence-corrected chi connectivity index (χ3v) is 4.58. The topological polar surface area (TPSA) is 65.1 Å². The number of carbonyl (C=O) groups excluding carboxylic acids is 2. The lowest BCUT2D eigenvalue weighted by atomic mass is 9.76. The van der Waals surface area contributed by atoms with Crippen molar-refractivity contribution >= 4 is 17.6 Å². The maximum atomic E-state index is 13.2. The Labute approximate surface area is 149 Å². The van der Waals surface area contributed by atoms with E-state index in [1.165, 1.54) is 19.1 Å². The fraction of sp³-hybridized carbons (Fsp3) is 0.444. The van der Waals surface area contributed by atoms with E-state index in [1.807, 2.05) is 0 Å². The second-order valence-electron chi connectivity index (χ2n) is 6.27. The largest absolute Gasteiger partial charge is 0.466 e. The van der Waals surface area contributed by atoms with Crippen molar-refractivity contribution in [1.29, 1.82) is 0 Å². The summed E-state index contributed by atoms with van der Waals surface area (Å²) in [6, 6.07) is 6.94. The normalized spacial score (nSPS) is 19.8. The summed E-state index contributed by atoms with van der Waals surface area (Å²) in [6.45, 7) is -0.0582. The van der Waals surface area contributed by atoms with Crippen molar-refractivity contribution in [3.8, 4) is 0 Å². The van der Waals surface area contributed by atoms with E-state index in [-0.39, 0.29) is 43.4 Å². The van der Waals surface area contributed by atoms with E-state index in [1.54, 1.807) is 24.3 Å². The quantitative estimate of drug-likeness (QED) is 0.763. The molecule has 3 rings (SSSR count). The zero-order valence-electron chi connectivity index (χ0n) is 14.5. The smallest absolute Gasteiger partial charge is 0.355 e. The molecule has 26 heavy (non-hydrogen) atoms. The maximum absolute atomic E-state index is 13.2. The zero-order valence-corrected chi connectivity index (χ0v) is 14.5. The average Bonchev–Trinajstić information content (AvgIpc) is 2.64. The summed E-state index contributed by atoms with van der Waals surface area (Å²) < 4.78 is 41.3. The van der Waals surface area contributed by atoms with Gasteiger partial charge in [0.2, 0.25) is 5.92 Å². The predicted molar refractivity (Wildman–Crippen MR) is 87.7 cm³/mol. The van der Waals surface area contributed by atoms with Crippen molar-refractivity contribution in [2.24, 2.45) is 0 Å². The summed E-state index contributed by atoms with van der Waals surface area (Å²) in [5.74, 6) is -4.25. The standard InChI is InChI=1S/C18H19F2NO5/c1-24-16(22)14-9-26-10-21(15(14)17(23)25-2)13-5-3-4-11(6-13)12-7-18(19,20)8-12/h3-6,12H,7-10H2,1-2H3. The molecule has 0 amide bonds. The Morgan fingerprint density at radius 1 is 1.19 bits per heavy atom. The molecule has 1 fully saturated rings. The van der Waals surface area contributed by atoms with Crippen molar-refractivity contribution in [2.45, 2.75) is 24.7 Å². The highest BCUT2D eigenvalue weighted by Crippen LogP contribution is 2.48. The molecule has 1 saturated carbocycles. The van der Waals surface area contributed by atoms with Crippen LogP contribution in [-0.2, 0) is 23.8 Å². The van der Waals surface area contributed by atoms with Gasteiger partial charge in [0, 0.05) is 18.5 Å². The minimum atomic E-state index is -2.62. The van der Waals surface area contributed by atoms with Gasteiger partial charge < -0.3 is 19.1 Å². The van der Waals surface area contributed by atoms with Gasteiger partial charge in [0.1, 0.15) is 12.4 Å². The van der Waals surface area contributed by atoms with E-state index < -0.39 is 17.9 Å². The molecule has 140 valence electrons. The molecular formula is C18H19F2NO5. The van der Waals surface area contributed by atoms with Crippen molar-refractivity contribution in [1.82, 2.24) is 0 Å². The van der Waals surface area contributed by atoms with Gasteiger partial charge in [0.25, 0.3) is 0 Å². The van der Waals surface area contributed by atoms with E-state index in [9.17, 15) is 18.4 Å². The van der Waals surface area contributed by atoms with E-state index in [4.69, 9.17) is 14.2 Å². The minimum Gasteiger partial charge on any atom is -0.466 e. The van der Waals surface area contributed by atoms with Crippen molar-refractivity contribution in [2.75, 3.05) is 32.5 Å². The molecule has 6 nitrogen and oxygen atoms in total. The third kappa shape index (κ3) is 3.41. The number of ether oxygens (including phenoxy) is 3. The Kier molecular flexibility index (Phi) is 4.95. The van der Waals surface area contributed by atoms with Crippen LogP contribution >= 0.6 is 0 Å². The lowest BCUT2D eigenvalue weighted by Gasteiger charge is -2.36. The highest BCUT2D eigenvalue weighted by atomic mass is 19.3. The molecule has 0 radical (unpaired) electrons. The van der Waals surface area contributed by atoms with Crippen molar-refractivity contribution in [3.05, 3.63) is 41.1 Å². The first-order valence-electron chi connectivity index (χ1n) is 8.09. The van der Waals surface area contributed by atoms with Gasteiger partial charge in [-0.2, -0.15) is 0 Å². The Hall–Kier alpha value is -2.48. The molecule has 0 atom stereocenters. The fourth-order valence-corrected chi connectivity index (χ4v) is 3.19. The number of benzene rings is 1. The maximum Gasteiger partial charge on any atom is 0.355 e. The molecule has 0 bridgehead atoms. The van der Waals surface area contributed by atoms with Crippen LogP contribution in [0.5, 0.6) is 0 Å². The van der Waals surface area contributed by atoms with Crippen molar-refractivity contribution in [3.63, 3.8) is 0 Å². The predicted octanol–water partition coefficient (Wildman–Crippen LogP) is 2.59. The van der Waals surface area contributed by atoms with Gasteiger partial charge in [0.15, 0.2) is 0 Å². The van der Waals surface area contributed by atoms with Crippen LogP contribution in [0, 0.1) is 0 Å². The average molecular weight is 367 g/mol. The molecule has 1 aliphatic carbocycles. The summed E-state index contributed by atoms with van der Waals surface area (Å²) in [5.41, 5.74) is 1.38. The fourth-order valence-electron chi connectivity index (χ4n) is 3.19. The number of hydrogen-bond acceptors (Lipinski definition) is 6. The monoisotopic (exact) mass is 367 g/mol. The van der Waals surface area contributed by atoms with E-state index in [0.717, 1.165) is 5.56 Å². The van der Waals surface area contributed by atoms with Crippen LogP contribution in [0.25, 0.3) is 0 Å². The highest BCUT2D eigenvalue weighted by Gasteiger charge is 2.46. The van der Waals surface area contributed by atoms with Gasteiger partial charge >= 0.3 is 11.9 Å². The van der Waals surface area contributed by atoms with Gasteiger partial charge in [-0.1, -0.05) is 12.1 Å². The number of alkyl halides is 2. The number of anilines is 1. The second-order valence-corrected chi connectivity index (χ2v) is 6.27. The lowest BCUT2D eigenvalue weighted by molar-refractivity contribution is -0.140. The van der Waals surface area contributed by atoms with E-state index in [2.05, 4.69) is 0 Å². The molecule has 8 heteroatoms. The summed E-state index contributed by atoms with van der Waals surface area (Å²) in [7, 11) is 2.42. The second kappa shape index (κ2) is 7.03. The molecule has 0 spiro atoms. The first kappa shape index (κ1) is 18.3. The number of esters is 2. The van der Waals surface area contributed by atoms with Crippen LogP contribution in [0.15, 0.2) is 35.5 Å². The van der Waals surface area contributed by atoms with Crippen LogP contribution in [0.1, 0.15) is 24.3 Å². The van der Waals surface area contributed by atoms with Crippen LogP contribution < -0.4 is 4.90 Å². The molecule has 0 N–H and O–H groups in total. The Bertz CT molecular complexity index is 754. The SMILES string of the molecule is COC(=O)C1=C(C(=O)OC)N(c2cccc(C3CC(F)(F)C3)c2)COC1. The molecule has 0 unspecified atom stereocenters. The van der Waals surface area contributed by atoms with Crippen LogP contribution in [-0.4, -0.2) is 45.4 Å². The number of halogens is 2. The van der Waals surface area contributed by atoms with Gasteiger partial charge in [-0.15, -0.1) is 0 Å². The highest BCUT2D eigenvalue weighted by molar-refractivity contribution is 6.03. The molecule has 0 aromatic heterocycles. The third-order valence-electron chi connectivity index (χ3n) is 4.58. The first-order chi connectivity index (χ1) is 12.4. The Morgan fingerprint density at radius 3 is 2.50 bits per heavy atom. The number of nitrogens with zero attached hydrogens (tertiary/aromatic N) is 1. The molecule has 1 aromatic rings. The van der Waals surface area contributed by atoms with Crippen molar-refractivity contribution < 1.29 is 32.6 Å². The van der Waals surface area contributed by atoms with Crippen LogP contribution in [0.2, 0.25) is 0 Å². The minimum absolute atomic E-state index is 0.0230. The first-order valence-corrected chi connectivity index (χ1v) is 8.09. The van der Waals surface area contributed by atoms with Gasteiger partial charge in [0.05, 0.1) is 26.4 Å². The van der Waals surface area contributed by atoms with E-state index >= 15 is 0 Å². The number of rotatable bonds is 4. The summed E-state index contributed by atoms with van der Waals surface area (Å²) in [5, 5.41) is 0. The van der Waals surface area contributed by atoms with Gasteiger partial charge in [-0.05, 0) is 23.6 Å². The number of methoxy groups -OCH3 is 2. The van der Waals surface area contributed by atoms with Crippen LogP contribution in [0.4, 0.5) is 14.5 Å². The zero-order chi connectivity index (χ0) is 18.9. The summed E-state index contributed by atoms with van der Waals surface area (Å²) in [6.07, 6.45) is -0.389. The number of hydrogen-bond donors (Lipinski definition) is 0. The molecule has 1 aromatic carbocycles. The molecule has 2 aliphatic rings. The summed E-state index contributed by atoms with van der Waals surface area (Å²) >= 11 is 0. The lowest BCUT2D eigenvalue weighted by Crippen LogP contribution is -2.39. The van der Waals surface area contributed by atoms with Crippen LogP contribution in [0.3, 0.4) is 0 Å². The van der Waals surface area contributed by atoms with E-state index in [0.29, 0.717) is 5.69 Å². The number of carbonyl (C=O) groups is 2. The molecule has 1 heterocycles. The molecule has 1 aliphatic heterocycles. The summed E-state index contributed by atoms with van der Waals surface area (Å²) in [4.78, 5) is 25.8. The van der Waals surface area contributed by atoms with Gasteiger partial charge in [-0.3, -0.25) is 0 Å². The van der Waals surface area contributed by atoms with Gasteiger partial charge in [-0.25, -0.2) is 18.4 Å². The Balaban J connectivity index is 1.96. The molecule has 0 saturated heterocycles. The molecular weight excluding hydrogens is 348 g/mol. The Morgan fingerprint density at radius 2 is 1.88 bits per heavy atom.